The number of halogens is 1. The zero-order chi connectivity index (χ0) is 14.2. The third-order valence-corrected chi connectivity index (χ3v) is 3.53. The lowest BCUT2D eigenvalue weighted by Crippen LogP contribution is -2.05. The lowest BCUT2D eigenvalue weighted by Gasteiger charge is -2.11. The molecule has 19 heavy (non-hydrogen) atoms. The number of hydrogen-bond donors (Lipinski definition) is 1. The Kier molecular flexibility index (Phi) is 3.97. The van der Waals surface area contributed by atoms with Gasteiger partial charge in [0.1, 0.15) is 0 Å². The summed E-state index contributed by atoms with van der Waals surface area (Å²) in [4.78, 5) is 0. The minimum absolute atomic E-state index is 0.0555. The number of nitrogens with two attached hydrogens (primary N) is 1. The molecule has 1 atom stereocenters. The van der Waals surface area contributed by atoms with E-state index in [0.717, 1.165) is 22.4 Å². The third-order valence-electron chi connectivity index (χ3n) is 3.21. The molecule has 0 bridgehead atoms. The van der Waals surface area contributed by atoms with Crippen molar-refractivity contribution in [1.82, 2.24) is 9.78 Å². The van der Waals surface area contributed by atoms with Gasteiger partial charge in [0, 0.05) is 29.9 Å². The molecular weight excluding hydrogens is 258 g/mol. The molecule has 102 valence electrons. The first-order valence-electron chi connectivity index (χ1n) is 6.49. The molecule has 0 amide bonds. The number of rotatable bonds is 3. The Morgan fingerprint density at radius 2 is 1.95 bits per heavy atom. The molecule has 1 aromatic heterocycles. The van der Waals surface area contributed by atoms with Crippen molar-refractivity contribution in [2.45, 2.75) is 32.7 Å². The van der Waals surface area contributed by atoms with E-state index in [-0.39, 0.29) is 6.04 Å². The van der Waals surface area contributed by atoms with Crippen molar-refractivity contribution >= 4 is 11.6 Å². The molecule has 1 unspecified atom stereocenters. The molecule has 0 spiro atoms. The monoisotopic (exact) mass is 277 g/mol. The summed E-state index contributed by atoms with van der Waals surface area (Å²) in [5, 5.41) is 5.24. The van der Waals surface area contributed by atoms with Crippen LogP contribution < -0.4 is 5.73 Å². The van der Waals surface area contributed by atoms with Crippen molar-refractivity contribution in [3.05, 3.63) is 40.7 Å². The molecule has 1 heterocycles. The number of nitrogens with zero attached hydrogens (tertiary/aromatic N) is 2. The molecule has 0 aliphatic carbocycles. The fraction of sp³-hybridized carbons (Fsp3) is 0.400. The fourth-order valence-corrected chi connectivity index (χ4v) is 2.57. The normalized spacial score (nSPS) is 13.0. The van der Waals surface area contributed by atoms with Gasteiger partial charge < -0.3 is 5.73 Å². The SMILES string of the molecule is CC(C)c1nn(C)cc1-c1ccc(C(C)N)c(Cl)c1. The minimum Gasteiger partial charge on any atom is -0.324 e. The molecular formula is C15H20ClN3. The first-order chi connectivity index (χ1) is 8.90. The summed E-state index contributed by atoms with van der Waals surface area (Å²) < 4.78 is 1.85. The van der Waals surface area contributed by atoms with Gasteiger partial charge in [0.05, 0.1) is 5.69 Å². The van der Waals surface area contributed by atoms with Crippen molar-refractivity contribution in [3.63, 3.8) is 0 Å². The van der Waals surface area contributed by atoms with Gasteiger partial charge in [-0.25, -0.2) is 0 Å². The zero-order valence-corrected chi connectivity index (χ0v) is 12.6. The van der Waals surface area contributed by atoms with E-state index >= 15 is 0 Å². The molecule has 0 radical (unpaired) electrons. The zero-order valence-electron chi connectivity index (χ0n) is 11.8. The van der Waals surface area contributed by atoms with Crippen molar-refractivity contribution < 1.29 is 0 Å². The fourth-order valence-electron chi connectivity index (χ4n) is 2.22. The Labute approximate surface area is 119 Å². The minimum atomic E-state index is -0.0555. The van der Waals surface area contributed by atoms with Crippen LogP contribution in [-0.2, 0) is 7.05 Å². The van der Waals surface area contributed by atoms with Gasteiger partial charge in [-0.2, -0.15) is 5.10 Å². The number of hydrogen-bond acceptors (Lipinski definition) is 2. The van der Waals surface area contributed by atoms with Crippen LogP contribution in [0.25, 0.3) is 11.1 Å². The summed E-state index contributed by atoms with van der Waals surface area (Å²) in [5.41, 5.74) is 10.2. The molecule has 2 N–H and O–H groups in total. The molecule has 2 aromatic rings. The Balaban J connectivity index is 2.51. The second-order valence-electron chi connectivity index (χ2n) is 5.28. The summed E-state index contributed by atoms with van der Waals surface area (Å²) >= 11 is 6.31. The highest BCUT2D eigenvalue weighted by molar-refractivity contribution is 6.31. The van der Waals surface area contributed by atoms with Crippen LogP contribution in [0.1, 0.15) is 44.0 Å². The third kappa shape index (κ3) is 2.82. The Bertz CT molecular complexity index is 585. The topological polar surface area (TPSA) is 43.8 Å². The Morgan fingerprint density at radius 1 is 1.26 bits per heavy atom. The van der Waals surface area contributed by atoms with Gasteiger partial charge in [0.2, 0.25) is 0 Å². The van der Waals surface area contributed by atoms with Gasteiger partial charge in [-0.15, -0.1) is 0 Å². The maximum absolute atomic E-state index is 6.31. The van der Waals surface area contributed by atoms with Crippen molar-refractivity contribution in [3.8, 4) is 11.1 Å². The second kappa shape index (κ2) is 5.35. The smallest absolute Gasteiger partial charge is 0.0728 e. The Morgan fingerprint density at radius 3 is 2.47 bits per heavy atom. The molecule has 3 nitrogen and oxygen atoms in total. The van der Waals surface area contributed by atoms with Crippen molar-refractivity contribution in [1.29, 1.82) is 0 Å². The average Bonchev–Trinajstić information content (AvgIpc) is 2.70. The number of aryl methyl sites for hydroxylation is 1. The molecule has 2 rings (SSSR count). The summed E-state index contributed by atoms with van der Waals surface area (Å²) in [6, 6.07) is 5.98. The van der Waals surface area contributed by atoms with Crippen LogP contribution >= 0.6 is 11.6 Å². The molecule has 4 heteroatoms. The maximum Gasteiger partial charge on any atom is 0.0728 e. The molecule has 1 aromatic carbocycles. The highest BCUT2D eigenvalue weighted by atomic mass is 35.5. The van der Waals surface area contributed by atoms with Gasteiger partial charge in [-0.1, -0.05) is 37.6 Å². The van der Waals surface area contributed by atoms with Crippen molar-refractivity contribution in [2.24, 2.45) is 12.8 Å². The highest BCUT2D eigenvalue weighted by Gasteiger charge is 2.14. The molecule has 0 saturated carbocycles. The van der Waals surface area contributed by atoms with E-state index in [1.807, 2.05) is 37.0 Å². The van der Waals surface area contributed by atoms with E-state index in [2.05, 4.69) is 25.0 Å². The molecule has 0 aliphatic heterocycles. The van der Waals surface area contributed by atoms with E-state index in [1.165, 1.54) is 0 Å². The standard InChI is InChI=1S/C15H20ClN3/c1-9(2)15-13(8-19(4)18-15)11-5-6-12(10(3)17)14(16)7-11/h5-10H,17H2,1-4H3. The number of aromatic nitrogens is 2. The largest absolute Gasteiger partial charge is 0.324 e. The van der Waals surface area contributed by atoms with Crippen LogP contribution in [0.5, 0.6) is 0 Å². The predicted octanol–water partition coefficient (Wildman–Crippen LogP) is 3.88. The van der Waals surface area contributed by atoms with Crippen LogP contribution in [-0.4, -0.2) is 9.78 Å². The van der Waals surface area contributed by atoms with Crippen LogP contribution in [0.4, 0.5) is 0 Å². The van der Waals surface area contributed by atoms with Gasteiger partial charge in [0.15, 0.2) is 0 Å². The Hall–Kier alpha value is -1.32. The van der Waals surface area contributed by atoms with E-state index < -0.39 is 0 Å². The molecule has 0 saturated heterocycles. The van der Waals surface area contributed by atoms with E-state index in [4.69, 9.17) is 17.3 Å². The predicted molar refractivity (Wildman–Crippen MR) is 80.3 cm³/mol. The van der Waals surface area contributed by atoms with Crippen LogP contribution in [0.15, 0.2) is 24.4 Å². The maximum atomic E-state index is 6.31. The van der Waals surface area contributed by atoms with E-state index in [9.17, 15) is 0 Å². The van der Waals surface area contributed by atoms with Crippen molar-refractivity contribution in [2.75, 3.05) is 0 Å². The van der Waals surface area contributed by atoms with E-state index in [1.54, 1.807) is 0 Å². The van der Waals surface area contributed by atoms with Crippen LogP contribution in [0.3, 0.4) is 0 Å². The lowest BCUT2D eigenvalue weighted by molar-refractivity contribution is 0.713. The van der Waals surface area contributed by atoms with Gasteiger partial charge in [-0.3, -0.25) is 4.68 Å². The van der Waals surface area contributed by atoms with Gasteiger partial charge in [0.25, 0.3) is 0 Å². The second-order valence-corrected chi connectivity index (χ2v) is 5.69. The van der Waals surface area contributed by atoms with Gasteiger partial charge >= 0.3 is 0 Å². The highest BCUT2D eigenvalue weighted by Crippen LogP contribution is 2.32. The first-order valence-corrected chi connectivity index (χ1v) is 6.87. The van der Waals surface area contributed by atoms with Crippen LogP contribution in [0.2, 0.25) is 5.02 Å². The molecule has 0 aliphatic rings. The quantitative estimate of drug-likeness (QED) is 0.925. The lowest BCUT2D eigenvalue weighted by atomic mass is 9.98. The van der Waals surface area contributed by atoms with Crippen LogP contribution in [0, 0.1) is 0 Å². The van der Waals surface area contributed by atoms with Gasteiger partial charge in [-0.05, 0) is 30.0 Å². The first kappa shape index (κ1) is 14.1. The molecule has 0 fully saturated rings. The average molecular weight is 278 g/mol. The van der Waals surface area contributed by atoms with E-state index in [0.29, 0.717) is 10.9 Å². The summed E-state index contributed by atoms with van der Waals surface area (Å²) in [6.45, 7) is 6.22. The summed E-state index contributed by atoms with van der Waals surface area (Å²) in [7, 11) is 1.94. The number of benzene rings is 1. The summed E-state index contributed by atoms with van der Waals surface area (Å²) in [6.07, 6.45) is 2.03. The summed E-state index contributed by atoms with van der Waals surface area (Å²) in [5.74, 6) is 0.378.